The highest BCUT2D eigenvalue weighted by atomic mass is 16.5. The number of aliphatic carboxylic acids is 1. The molecule has 7 heteroatoms. The molecule has 1 amide bonds. The second-order valence-corrected chi connectivity index (χ2v) is 6.62. The smallest absolute Gasteiger partial charge is 0.326 e. The molecule has 2 heterocycles. The van der Waals surface area contributed by atoms with E-state index in [0.717, 1.165) is 6.42 Å². The molecule has 1 aromatic rings. The Balaban J connectivity index is 2.16. The summed E-state index contributed by atoms with van der Waals surface area (Å²) in [6, 6.07) is 1.77. The van der Waals surface area contributed by atoms with E-state index in [9.17, 15) is 19.5 Å². The van der Waals surface area contributed by atoms with E-state index in [0.29, 0.717) is 37.7 Å². The number of rotatable bonds is 6. The first-order valence-electron chi connectivity index (χ1n) is 8.21. The van der Waals surface area contributed by atoms with Gasteiger partial charge in [-0.1, -0.05) is 13.8 Å². The zero-order chi connectivity index (χ0) is 17.7. The molecule has 0 unspecified atom stereocenters. The number of carbonyl (C=O) groups excluding carboxylic acids is 1. The van der Waals surface area contributed by atoms with E-state index in [4.69, 9.17) is 4.74 Å². The molecule has 0 aliphatic carbocycles. The summed E-state index contributed by atoms with van der Waals surface area (Å²) in [5.41, 5.74) is 0.471. The Labute approximate surface area is 140 Å². The summed E-state index contributed by atoms with van der Waals surface area (Å²) in [6.07, 6.45) is 2.09. The summed E-state index contributed by atoms with van der Waals surface area (Å²) < 4.78 is 5.31. The number of ether oxygens (including phenoxy) is 1. The van der Waals surface area contributed by atoms with E-state index in [1.54, 1.807) is 6.07 Å². The van der Waals surface area contributed by atoms with Gasteiger partial charge in [-0.05, 0) is 31.2 Å². The summed E-state index contributed by atoms with van der Waals surface area (Å²) in [6.45, 7) is 4.94. The summed E-state index contributed by atoms with van der Waals surface area (Å²) in [4.78, 5) is 38.4. The summed E-state index contributed by atoms with van der Waals surface area (Å²) >= 11 is 0. The number of carboxylic acid groups (broad SMARTS) is 1. The largest absolute Gasteiger partial charge is 0.480 e. The van der Waals surface area contributed by atoms with Gasteiger partial charge in [-0.2, -0.15) is 0 Å². The topological polar surface area (TPSA) is 108 Å². The van der Waals surface area contributed by atoms with Crippen LogP contribution < -0.4 is 10.9 Å². The van der Waals surface area contributed by atoms with Crippen molar-refractivity contribution in [2.75, 3.05) is 13.2 Å². The van der Waals surface area contributed by atoms with Crippen molar-refractivity contribution in [3.05, 3.63) is 33.7 Å². The zero-order valence-electron chi connectivity index (χ0n) is 14.0. The maximum Gasteiger partial charge on any atom is 0.326 e. The Kier molecular flexibility index (Phi) is 6.14. The third-order valence-electron chi connectivity index (χ3n) is 4.01. The van der Waals surface area contributed by atoms with E-state index in [1.165, 1.54) is 6.07 Å². The molecule has 0 aromatic carbocycles. The first-order chi connectivity index (χ1) is 11.4. The average molecular weight is 336 g/mol. The zero-order valence-corrected chi connectivity index (χ0v) is 14.0. The third kappa shape index (κ3) is 4.92. The fraction of sp³-hybridized carbons (Fsp3) is 0.588. The Hall–Kier alpha value is -2.15. The number of carboxylic acids is 1. The normalized spacial score (nSPS) is 19.0. The van der Waals surface area contributed by atoms with Gasteiger partial charge in [0.2, 0.25) is 5.56 Å². The van der Waals surface area contributed by atoms with Crippen LogP contribution >= 0.6 is 0 Å². The molecule has 24 heavy (non-hydrogen) atoms. The minimum atomic E-state index is -1.09. The molecule has 1 saturated heterocycles. The molecule has 1 aromatic heterocycles. The molecule has 1 aliphatic heterocycles. The van der Waals surface area contributed by atoms with Crippen LogP contribution in [0.3, 0.4) is 0 Å². The molecule has 132 valence electrons. The van der Waals surface area contributed by atoms with Crippen LogP contribution in [0.1, 0.15) is 42.7 Å². The first kappa shape index (κ1) is 18.2. The molecule has 2 atom stereocenters. The average Bonchev–Trinajstić information content (AvgIpc) is 2.51. The van der Waals surface area contributed by atoms with Gasteiger partial charge in [-0.3, -0.25) is 9.59 Å². The molecule has 0 spiro atoms. The van der Waals surface area contributed by atoms with Gasteiger partial charge >= 0.3 is 5.97 Å². The predicted octanol–water partition coefficient (Wildman–Crippen LogP) is 1.18. The van der Waals surface area contributed by atoms with Crippen molar-refractivity contribution in [2.45, 2.75) is 39.2 Å². The number of H-pyrrole nitrogens is 1. The highest BCUT2D eigenvalue weighted by Gasteiger charge is 2.31. The summed E-state index contributed by atoms with van der Waals surface area (Å²) in [5, 5.41) is 12.0. The van der Waals surface area contributed by atoms with Crippen molar-refractivity contribution in [3.63, 3.8) is 0 Å². The Morgan fingerprint density at radius 2 is 2.17 bits per heavy atom. The van der Waals surface area contributed by atoms with Gasteiger partial charge in [0.1, 0.15) is 6.04 Å². The summed E-state index contributed by atoms with van der Waals surface area (Å²) in [7, 11) is 0. The molecule has 0 radical (unpaired) electrons. The van der Waals surface area contributed by atoms with Gasteiger partial charge in [0.25, 0.3) is 5.91 Å². The number of hydrogen-bond acceptors (Lipinski definition) is 4. The first-order valence-corrected chi connectivity index (χ1v) is 8.21. The minimum Gasteiger partial charge on any atom is -0.480 e. The van der Waals surface area contributed by atoms with Crippen LogP contribution in [0, 0.1) is 11.8 Å². The van der Waals surface area contributed by atoms with Gasteiger partial charge in [-0.15, -0.1) is 0 Å². The molecule has 1 fully saturated rings. The number of aromatic amines is 1. The second kappa shape index (κ2) is 8.10. The minimum absolute atomic E-state index is 0.178. The quantitative estimate of drug-likeness (QED) is 0.723. The summed E-state index contributed by atoms with van der Waals surface area (Å²) in [5.74, 6) is -1.59. The van der Waals surface area contributed by atoms with Crippen molar-refractivity contribution in [1.29, 1.82) is 0 Å². The van der Waals surface area contributed by atoms with Crippen LogP contribution in [0.5, 0.6) is 0 Å². The lowest BCUT2D eigenvalue weighted by Gasteiger charge is -2.28. The monoisotopic (exact) mass is 336 g/mol. The van der Waals surface area contributed by atoms with E-state index < -0.39 is 17.9 Å². The number of nitrogens with one attached hydrogen (secondary N) is 2. The standard InChI is InChI=1S/C17H24N2O5/c1-10(2)6-13-7-12(8-14(20)18-13)16(21)19-15(17(22)23)11-4-3-5-24-9-11/h7-8,10-11,15H,3-6,9H2,1-2H3,(H,18,20)(H,19,21)(H,22,23)/t11-,15+/m1/s1. The fourth-order valence-corrected chi connectivity index (χ4v) is 2.92. The lowest BCUT2D eigenvalue weighted by Crippen LogP contribution is -2.48. The van der Waals surface area contributed by atoms with Crippen molar-refractivity contribution in [2.24, 2.45) is 11.8 Å². The molecule has 3 N–H and O–H groups in total. The van der Waals surface area contributed by atoms with Crippen LogP contribution in [-0.2, 0) is 16.0 Å². The molecule has 2 rings (SSSR count). The lowest BCUT2D eigenvalue weighted by atomic mass is 9.93. The lowest BCUT2D eigenvalue weighted by molar-refractivity contribution is -0.142. The highest BCUT2D eigenvalue weighted by Crippen LogP contribution is 2.18. The fourth-order valence-electron chi connectivity index (χ4n) is 2.92. The molecule has 0 bridgehead atoms. The molecular formula is C17H24N2O5. The van der Waals surface area contributed by atoms with Gasteiger partial charge in [-0.25, -0.2) is 4.79 Å². The SMILES string of the molecule is CC(C)Cc1cc(C(=O)N[C@H](C(=O)O)[C@@H]2CCCOC2)cc(=O)[nH]1. The third-order valence-corrected chi connectivity index (χ3v) is 4.01. The number of amides is 1. The van der Waals surface area contributed by atoms with Crippen molar-refractivity contribution < 1.29 is 19.4 Å². The molecule has 7 nitrogen and oxygen atoms in total. The van der Waals surface area contributed by atoms with Gasteiger partial charge in [0.05, 0.1) is 6.61 Å². The number of aromatic nitrogens is 1. The number of carbonyl (C=O) groups is 2. The van der Waals surface area contributed by atoms with Gasteiger partial charge < -0.3 is 20.1 Å². The van der Waals surface area contributed by atoms with Crippen molar-refractivity contribution in [3.8, 4) is 0 Å². The maximum atomic E-state index is 12.4. The maximum absolute atomic E-state index is 12.4. The van der Waals surface area contributed by atoms with Crippen molar-refractivity contribution in [1.82, 2.24) is 10.3 Å². The van der Waals surface area contributed by atoms with Crippen LogP contribution in [0.2, 0.25) is 0 Å². The predicted molar refractivity (Wildman–Crippen MR) is 88.0 cm³/mol. The van der Waals surface area contributed by atoms with Crippen LogP contribution in [0.25, 0.3) is 0 Å². The van der Waals surface area contributed by atoms with E-state index in [1.807, 2.05) is 13.8 Å². The van der Waals surface area contributed by atoms with Gasteiger partial charge in [0.15, 0.2) is 0 Å². The van der Waals surface area contributed by atoms with Crippen LogP contribution in [-0.4, -0.2) is 41.2 Å². The molecule has 0 saturated carbocycles. The number of pyridine rings is 1. The van der Waals surface area contributed by atoms with Crippen LogP contribution in [0.15, 0.2) is 16.9 Å². The molecular weight excluding hydrogens is 312 g/mol. The number of hydrogen-bond donors (Lipinski definition) is 3. The van der Waals surface area contributed by atoms with Gasteiger partial charge in [0, 0.05) is 29.8 Å². The Morgan fingerprint density at radius 1 is 1.42 bits per heavy atom. The molecule has 1 aliphatic rings. The van der Waals surface area contributed by atoms with E-state index in [2.05, 4.69) is 10.3 Å². The Morgan fingerprint density at radius 3 is 2.75 bits per heavy atom. The van der Waals surface area contributed by atoms with E-state index >= 15 is 0 Å². The highest BCUT2D eigenvalue weighted by molar-refractivity contribution is 5.96. The van der Waals surface area contributed by atoms with E-state index in [-0.39, 0.29) is 17.0 Å². The van der Waals surface area contributed by atoms with Crippen molar-refractivity contribution >= 4 is 11.9 Å². The van der Waals surface area contributed by atoms with Crippen LogP contribution in [0.4, 0.5) is 0 Å². The second-order valence-electron chi connectivity index (χ2n) is 6.62. The Bertz CT molecular complexity index is 647.